The largest absolute Gasteiger partial charge is 0.459 e. The Bertz CT molecular complexity index is 1080. The fraction of sp³-hybridized carbons (Fsp3) is 0.400. The molecular weight excluding hydrogens is 440 g/mol. The maximum absolute atomic E-state index is 13.0. The van der Waals surface area contributed by atoms with Crippen molar-refractivity contribution in [3.63, 3.8) is 0 Å². The highest BCUT2D eigenvalue weighted by Gasteiger charge is 2.24. The number of aromatic nitrogens is 2. The lowest BCUT2D eigenvalue weighted by molar-refractivity contribution is -0.117. The molecule has 0 aliphatic heterocycles. The summed E-state index contributed by atoms with van der Waals surface area (Å²) in [7, 11) is 0. The molecule has 8 heteroatoms. The van der Waals surface area contributed by atoms with Crippen LogP contribution in [0.3, 0.4) is 0 Å². The second-order valence-electron chi connectivity index (χ2n) is 9.49. The van der Waals surface area contributed by atoms with Crippen molar-refractivity contribution in [3.8, 4) is 5.69 Å². The van der Waals surface area contributed by atoms with Gasteiger partial charge in [-0.15, -0.1) is 0 Å². The summed E-state index contributed by atoms with van der Waals surface area (Å²) in [6, 6.07) is 12.4. The van der Waals surface area contributed by atoms with Gasteiger partial charge in [0.1, 0.15) is 12.4 Å². The van der Waals surface area contributed by atoms with Crippen LogP contribution >= 0.6 is 11.6 Å². The summed E-state index contributed by atoms with van der Waals surface area (Å²) in [6.45, 7) is 10.7. The first-order valence-electron chi connectivity index (χ1n) is 11.0. The average molecular weight is 471 g/mol. The standard InChI is InChI=1S/C25H31ClN4O3/c1-17(2)12-13-29(24(32)20-7-6-14-33-20)16-23(31)27-22-15-21(25(3,4)5)28-30(22)19-10-8-18(26)9-11-19/h6-11,14-15,17H,12-13,16H2,1-5H3,(H,27,31). The molecule has 0 unspecified atom stereocenters. The summed E-state index contributed by atoms with van der Waals surface area (Å²) in [5, 5.41) is 8.27. The van der Waals surface area contributed by atoms with Crippen molar-refractivity contribution in [3.05, 3.63) is 65.2 Å². The lowest BCUT2D eigenvalue weighted by Crippen LogP contribution is -2.39. The number of halogens is 1. The molecule has 0 bridgehead atoms. The Morgan fingerprint density at radius 1 is 1.18 bits per heavy atom. The molecule has 0 spiro atoms. The van der Waals surface area contributed by atoms with Crippen LogP contribution in [0.25, 0.3) is 5.69 Å². The molecule has 2 heterocycles. The quantitative estimate of drug-likeness (QED) is 0.468. The van der Waals surface area contributed by atoms with Gasteiger partial charge in [0.15, 0.2) is 5.76 Å². The first-order valence-corrected chi connectivity index (χ1v) is 11.4. The third kappa shape index (κ3) is 6.48. The Hall–Kier alpha value is -3.06. The first-order chi connectivity index (χ1) is 15.5. The van der Waals surface area contributed by atoms with Gasteiger partial charge in [0.05, 0.1) is 17.6 Å². The number of amides is 2. The molecule has 0 saturated carbocycles. The van der Waals surface area contributed by atoms with Gasteiger partial charge in [0.25, 0.3) is 5.91 Å². The van der Waals surface area contributed by atoms with Crippen molar-refractivity contribution in [1.29, 1.82) is 0 Å². The summed E-state index contributed by atoms with van der Waals surface area (Å²) >= 11 is 6.04. The van der Waals surface area contributed by atoms with Gasteiger partial charge in [-0.2, -0.15) is 5.10 Å². The Morgan fingerprint density at radius 2 is 1.88 bits per heavy atom. The second kappa shape index (κ2) is 10.3. The highest BCUT2D eigenvalue weighted by molar-refractivity contribution is 6.30. The van der Waals surface area contributed by atoms with Crippen molar-refractivity contribution < 1.29 is 14.0 Å². The van der Waals surface area contributed by atoms with Gasteiger partial charge in [0, 0.05) is 23.0 Å². The van der Waals surface area contributed by atoms with Crippen LogP contribution in [0.2, 0.25) is 5.02 Å². The molecule has 0 aliphatic rings. The van der Waals surface area contributed by atoms with Gasteiger partial charge in [-0.1, -0.05) is 46.2 Å². The Kier molecular flexibility index (Phi) is 7.64. The fourth-order valence-electron chi connectivity index (χ4n) is 3.19. The van der Waals surface area contributed by atoms with Crippen LogP contribution in [0.15, 0.2) is 53.1 Å². The van der Waals surface area contributed by atoms with E-state index in [9.17, 15) is 9.59 Å². The van der Waals surface area contributed by atoms with Gasteiger partial charge in [-0.25, -0.2) is 4.68 Å². The minimum absolute atomic E-state index is 0.0943. The third-order valence-corrected chi connectivity index (χ3v) is 5.40. The van der Waals surface area contributed by atoms with E-state index in [1.54, 1.807) is 28.9 Å². The zero-order valence-electron chi connectivity index (χ0n) is 19.8. The topological polar surface area (TPSA) is 80.4 Å². The smallest absolute Gasteiger partial charge is 0.290 e. The second-order valence-corrected chi connectivity index (χ2v) is 9.92. The highest BCUT2D eigenvalue weighted by Crippen LogP contribution is 2.27. The van der Waals surface area contributed by atoms with Gasteiger partial charge >= 0.3 is 0 Å². The number of nitrogens with zero attached hydrogens (tertiary/aromatic N) is 3. The SMILES string of the molecule is CC(C)CCN(CC(=O)Nc1cc(C(C)(C)C)nn1-c1ccc(Cl)cc1)C(=O)c1ccco1. The van der Waals surface area contributed by atoms with Crippen LogP contribution in [-0.4, -0.2) is 39.6 Å². The number of benzene rings is 1. The molecule has 1 aromatic carbocycles. The van der Waals surface area contributed by atoms with E-state index in [4.69, 9.17) is 21.1 Å². The summed E-state index contributed by atoms with van der Waals surface area (Å²) < 4.78 is 6.94. The summed E-state index contributed by atoms with van der Waals surface area (Å²) in [5.74, 6) is 0.515. The minimum Gasteiger partial charge on any atom is -0.459 e. The van der Waals surface area contributed by atoms with Crippen molar-refractivity contribution in [2.75, 3.05) is 18.4 Å². The van der Waals surface area contributed by atoms with Crippen LogP contribution in [0.5, 0.6) is 0 Å². The molecule has 0 saturated heterocycles. The number of furan rings is 1. The average Bonchev–Trinajstić information content (AvgIpc) is 3.41. The van der Waals surface area contributed by atoms with Gasteiger partial charge in [-0.3, -0.25) is 9.59 Å². The molecular formula is C25H31ClN4O3. The lowest BCUT2D eigenvalue weighted by atomic mass is 9.92. The molecule has 3 rings (SSSR count). The first kappa shape index (κ1) is 24.6. The van der Waals surface area contributed by atoms with Gasteiger partial charge in [0.2, 0.25) is 5.91 Å². The van der Waals surface area contributed by atoms with E-state index in [0.29, 0.717) is 23.3 Å². The van der Waals surface area contributed by atoms with E-state index < -0.39 is 0 Å². The molecule has 0 atom stereocenters. The third-order valence-electron chi connectivity index (χ3n) is 5.15. The normalized spacial score (nSPS) is 11.6. The number of hydrogen-bond donors (Lipinski definition) is 1. The Balaban J connectivity index is 1.84. The molecule has 7 nitrogen and oxygen atoms in total. The van der Waals surface area contributed by atoms with Crippen molar-refractivity contribution in [2.45, 2.75) is 46.5 Å². The predicted molar refractivity (Wildman–Crippen MR) is 130 cm³/mol. The van der Waals surface area contributed by atoms with Crippen LogP contribution in [0.4, 0.5) is 5.82 Å². The van der Waals surface area contributed by atoms with Crippen molar-refractivity contribution in [2.24, 2.45) is 5.92 Å². The summed E-state index contributed by atoms with van der Waals surface area (Å²) in [5.41, 5.74) is 1.39. The van der Waals surface area contributed by atoms with Crippen LogP contribution in [-0.2, 0) is 10.2 Å². The molecule has 0 aliphatic carbocycles. The number of carbonyl (C=O) groups excluding carboxylic acids is 2. The van der Waals surface area contributed by atoms with E-state index in [2.05, 4.69) is 39.9 Å². The number of hydrogen-bond acceptors (Lipinski definition) is 4. The number of nitrogens with one attached hydrogen (secondary N) is 1. The maximum atomic E-state index is 13.0. The van der Waals surface area contributed by atoms with Crippen LogP contribution < -0.4 is 5.32 Å². The molecule has 3 aromatic rings. The lowest BCUT2D eigenvalue weighted by Gasteiger charge is -2.22. The van der Waals surface area contributed by atoms with Gasteiger partial charge < -0.3 is 14.6 Å². The summed E-state index contributed by atoms with van der Waals surface area (Å²) in [4.78, 5) is 27.4. The number of anilines is 1. The molecule has 33 heavy (non-hydrogen) atoms. The molecule has 2 aromatic heterocycles. The number of rotatable bonds is 8. The molecule has 0 fully saturated rings. The number of carbonyl (C=O) groups is 2. The monoisotopic (exact) mass is 470 g/mol. The van der Waals surface area contributed by atoms with E-state index >= 15 is 0 Å². The zero-order chi connectivity index (χ0) is 24.2. The van der Waals surface area contributed by atoms with E-state index in [1.807, 2.05) is 18.2 Å². The van der Waals surface area contributed by atoms with E-state index in [1.165, 1.54) is 11.2 Å². The van der Waals surface area contributed by atoms with Crippen molar-refractivity contribution in [1.82, 2.24) is 14.7 Å². The highest BCUT2D eigenvalue weighted by atomic mass is 35.5. The molecule has 0 radical (unpaired) electrons. The van der Waals surface area contributed by atoms with E-state index in [0.717, 1.165) is 17.8 Å². The maximum Gasteiger partial charge on any atom is 0.290 e. The Morgan fingerprint density at radius 3 is 2.45 bits per heavy atom. The van der Waals surface area contributed by atoms with Crippen molar-refractivity contribution >= 4 is 29.2 Å². The molecule has 2 amide bonds. The fourth-order valence-corrected chi connectivity index (χ4v) is 3.32. The van der Waals surface area contributed by atoms with Gasteiger partial charge in [-0.05, 0) is 48.7 Å². The van der Waals surface area contributed by atoms with E-state index in [-0.39, 0.29) is 29.5 Å². The van der Waals surface area contributed by atoms with Crippen LogP contribution in [0.1, 0.15) is 57.3 Å². The zero-order valence-corrected chi connectivity index (χ0v) is 20.5. The predicted octanol–water partition coefficient (Wildman–Crippen LogP) is 5.54. The minimum atomic E-state index is -0.311. The summed E-state index contributed by atoms with van der Waals surface area (Å²) in [6.07, 6.45) is 2.23. The van der Waals surface area contributed by atoms with Crippen LogP contribution in [0, 0.1) is 5.92 Å². The molecule has 1 N–H and O–H groups in total. The Labute approximate surface area is 199 Å². The molecule has 176 valence electrons.